The Hall–Kier alpha value is 0.430. The van der Waals surface area contributed by atoms with Gasteiger partial charge in [0.2, 0.25) is 0 Å². The Morgan fingerprint density at radius 1 is 1.65 bits per heavy atom. The zero-order valence-electron chi connectivity index (χ0n) is 10.5. The Kier molecular flexibility index (Phi) is 4.24. The number of halogens is 2. The van der Waals surface area contributed by atoms with Gasteiger partial charge in [0.15, 0.2) is 0 Å². The maximum Gasteiger partial charge on any atom is 0.107 e. The van der Waals surface area contributed by atoms with E-state index in [1.165, 1.54) is 17.7 Å². The second-order valence-electron chi connectivity index (χ2n) is 5.50. The molecule has 2 unspecified atom stereocenters. The lowest BCUT2D eigenvalue weighted by Gasteiger charge is -2.18. The van der Waals surface area contributed by atoms with Crippen LogP contribution in [-0.2, 0) is 0 Å². The molecule has 0 aromatic carbocycles. The fraction of sp³-hybridized carbons (Fsp3) is 0.692. The molecule has 1 nitrogen and oxygen atoms in total. The SMILES string of the molecule is CCCNC(c1cc(Br)c(Cl)s1)C1CC1(C)C. The lowest BCUT2D eigenvalue weighted by molar-refractivity contribution is 0.421. The standard InChI is InChI=1S/C13H19BrClNS/c1-4-5-16-11(8-7-13(8,2)3)10-6-9(14)12(15)17-10/h6,8,11,16H,4-5,7H2,1-3H3. The van der Waals surface area contributed by atoms with Crippen LogP contribution in [0.15, 0.2) is 10.5 Å². The fourth-order valence-corrected chi connectivity index (χ4v) is 4.21. The van der Waals surface area contributed by atoms with Crippen molar-refractivity contribution >= 4 is 38.9 Å². The third-order valence-corrected chi connectivity index (χ3v) is 6.13. The van der Waals surface area contributed by atoms with Gasteiger partial charge < -0.3 is 5.32 Å². The van der Waals surface area contributed by atoms with Crippen LogP contribution < -0.4 is 5.32 Å². The van der Waals surface area contributed by atoms with Crippen LogP contribution >= 0.6 is 38.9 Å². The van der Waals surface area contributed by atoms with Crippen molar-refractivity contribution in [2.75, 3.05) is 6.54 Å². The molecule has 0 spiro atoms. The molecule has 1 heterocycles. The Morgan fingerprint density at radius 2 is 2.29 bits per heavy atom. The van der Waals surface area contributed by atoms with Crippen LogP contribution in [0.25, 0.3) is 0 Å². The minimum absolute atomic E-state index is 0.471. The Balaban J connectivity index is 2.15. The predicted octanol–water partition coefficient (Wildman–Crippen LogP) is 5.25. The summed E-state index contributed by atoms with van der Waals surface area (Å²) in [6.45, 7) is 7.98. The van der Waals surface area contributed by atoms with Crippen molar-refractivity contribution in [1.29, 1.82) is 0 Å². The molecule has 1 fully saturated rings. The molecule has 4 heteroatoms. The lowest BCUT2D eigenvalue weighted by atomic mass is 10.0. The van der Waals surface area contributed by atoms with Crippen molar-refractivity contribution in [1.82, 2.24) is 5.32 Å². The van der Waals surface area contributed by atoms with Crippen LogP contribution in [-0.4, -0.2) is 6.54 Å². The van der Waals surface area contributed by atoms with E-state index >= 15 is 0 Å². The molecule has 2 atom stereocenters. The van der Waals surface area contributed by atoms with E-state index in [-0.39, 0.29) is 0 Å². The highest BCUT2D eigenvalue weighted by atomic mass is 79.9. The predicted molar refractivity (Wildman–Crippen MR) is 80.0 cm³/mol. The fourth-order valence-electron chi connectivity index (χ4n) is 2.33. The average molecular weight is 337 g/mol. The van der Waals surface area contributed by atoms with Gasteiger partial charge in [-0.3, -0.25) is 0 Å². The van der Waals surface area contributed by atoms with Gasteiger partial charge in [0, 0.05) is 15.4 Å². The molecule has 0 saturated heterocycles. The van der Waals surface area contributed by atoms with Crippen molar-refractivity contribution < 1.29 is 0 Å². The lowest BCUT2D eigenvalue weighted by Crippen LogP contribution is -2.24. The zero-order valence-corrected chi connectivity index (χ0v) is 13.7. The van der Waals surface area contributed by atoms with Gasteiger partial charge in [0.25, 0.3) is 0 Å². The molecule has 1 saturated carbocycles. The largest absolute Gasteiger partial charge is 0.309 e. The van der Waals surface area contributed by atoms with E-state index in [9.17, 15) is 0 Å². The van der Waals surface area contributed by atoms with E-state index in [0.717, 1.165) is 21.3 Å². The molecular weight excluding hydrogens is 318 g/mol. The van der Waals surface area contributed by atoms with Gasteiger partial charge in [-0.15, -0.1) is 11.3 Å². The zero-order chi connectivity index (χ0) is 12.6. The topological polar surface area (TPSA) is 12.0 Å². The molecule has 17 heavy (non-hydrogen) atoms. The Morgan fingerprint density at radius 3 is 2.71 bits per heavy atom. The van der Waals surface area contributed by atoms with Gasteiger partial charge in [-0.2, -0.15) is 0 Å². The summed E-state index contributed by atoms with van der Waals surface area (Å²) in [6.07, 6.45) is 2.48. The maximum absolute atomic E-state index is 6.15. The molecule has 0 bridgehead atoms. The highest BCUT2D eigenvalue weighted by Crippen LogP contribution is 2.58. The minimum atomic E-state index is 0.471. The first-order chi connectivity index (χ1) is 7.95. The molecule has 0 aliphatic heterocycles. The third kappa shape index (κ3) is 3.06. The quantitative estimate of drug-likeness (QED) is 0.774. The van der Waals surface area contributed by atoms with E-state index in [2.05, 4.69) is 48.1 Å². The summed E-state index contributed by atoms with van der Waals surface area (Å²) in [7, 11) is 0. The van der Waals surface area contributed by atoms with Gasteiger partial charge in [0.05, 0.1) is 0 Å². The van der Waals surface area contributed by atoms with Crippen LogP contribution in [0.3, 0.4) is 0 Å². The summed E-state index contributed by atoms with van der Waals surface area (Å²) in [5.41, 5.74) is 0.481. The number of hydrogen-bond donors (Lipinski definition) is 1. The average Bonchev–Trinajstić information content (AvgIpc) is 2.73. The van der Waals surface area contributed by atoms with Crippen LogP contribution in [0, 0.1) is 11.3 Å². The Bertz CT molecular complexity index is 383. The summed E-state index contributed by atoms with van der Waals surface area (Å²) < 4.78 is 1.89. The van der Waals surface area contributed by atoms with Crippen molar-refractivity contribution in [2.45, 2.75) is 39.7 Å². The molecule has 1 aromatic rings. The number of thiophene rings is 1. The van der Waals surface area contributed by atoms with Crippen molar-refractivity contribution in [3.63, 3.8) is 0 Å². The van der Waals surface area contributed by atoms with Gasteiger partial charge in [-0.1, -0.05) is 32.4 Å². The van der Waals surface area contributed by atoms with Crippen LogP contribution in [0.2, 0.25) is 4.34 Å². The van der Waals surface area contributed by atoms with E-state index < -0.39 is 0 Å². The highest BCUT2D eigenvalue weighted by molar-refractivity contribution is 9.10. The van der Waals surface area contributed by atoms with E-state index in [1.807, 2.05) is 0 Å². The van der Waals surface area contributed by atoms with Gasteiger partial charge >= 0.3 is 0 Å². The van der Waals surface area contributed by atoms with Crippen LogP contribution in [0.5, 0.6) is 0 Å². The van der Waals surface area contributed by atoms with Gasteiger partial charge in [-0.25, -0.2) is 0 Å². The summed E-state index contributed by atoms with van der Waals surface area (Å²) in [4.78, 5) is 1.37. The molecule has 1 aliphatic carbocycles. The number of hydrogen-bond acceptors (Lipinski definition) is 2. The van der Waals surface area contributed by atoms with Crippen molar-refractivity contribution in [2.24, 2.45) is 11.3 Å². The first kappa shape index (κ1) is 13.9. The minimum Gasteiger partial charge on any atom is -0.309 e. The molecular formula is C13H19BrClNS. The summed E-state index contributed by atoms with van der Waals surface area (Å²) in [5, 5.41) is 3.67. The molecule has 0 radical (unpaired) electrons. The maximum atomic E-state index is 6.15. The first-order valence-corrected chi connectivity index (χ1v) is 8.12. The van der Waals surface area contributed by atoms with Gasteiger partial charge in [0.1, 0.15) is 4.34 Å². The molecule has 2 rings (SSSR count). The van der Waals surface area contributed by atoms with E-state index in [4.69, 9.17) is 11.6 Å². The number of nitrogens with one attached hydrogen (secondary N) is 1. The first-order valence-electron chi connectivity index (χ1n) is 6.14. The van der Waals surface area contributed by atoms with Crippen LogP contribution in [0.4, 0.5) is 0 Å². The molecule has 1 N–H and O–H groups in total. The third-order valence-electron chi connectivity index (χ3n) is 3.58. The van der Waals surface area contributed by atoms with Crippen molar-refractivity contribution in [3.05, 3.63) is 19.8 Å². The monoisotopic (exact) mass is 335 g/mol. The summed E-state index contributed by atoms with van der Waals surface area (Å²) in [5.74, 6) is 0.746. The summed E-state index contributed by atoms with van der Waals surface area (Å²) in [6, 6.07) is 2.65. The van der Waals surface area contributed by atoms with E-state index in [1.54, 1.807) is 11.3 Å². The molecule has 96 valence electrons. The number of rotatable bonds is 5. The second-order valence-corrected chi connectivity index (χ2v) is 8.04. The smallest absolute Gasteiger partial charge is 0.107 e. The van der Waals surface area contributed by atoms with Crippen molar-refractivity contribution in [3.8, 4) is 0 Å². The summed E-state index contributed by atoms with van der Waals surface area (Å²) >= 11 is 11.3. The highest BCUT2D eigenvalue weighted by Gasteiger charge is 2.50. The molecule has 1 aliphatic rings. The molecule has 0 amide bonds. The van der Waals surface area contributed by atoms with Gasteiger partial charge in [-0.05, 0) is 52.7 Å². The Labute approximate surface area is 121 Å². The van der Waals surface area contributed by atoms with E-state index in [0.29, 0.717) is 11.5 Å². The normalized spacial score (nSPS) is 23.7. The molecule has 1 aromatic heterocycles. The van der Waals surface area contributed by atoms with Crippen LogP contribution in [0.1, 0.15) is 44.5 Å². The second kappa shape index (κ2) is 5.20.